The van der Waals surface area contributed by atoms with E-state index in [9.17, 15) is 14.7 Å². The van der Waals surface area contributed by atoms with Gasteiger partial charge in [-0.1, -0.05) is 18.2 Å². The minimum atomic E-state index is -1.48. The summed E-state index contributed by atoms with van der Waals surface area (Å²) < 4.78 is 0. The number of hydrogen-bond donors (Lipinski definition) is 1. The second-order valence-corrected chi connectivity index (χ2v) is 2.14. The maximum atomic E-state index is 10.4. The second-order valence-electron chi connectivity index (χ2n) is 2.14. The monoisotopic (exact) mass is 276 g/mol. The zero-order chi connectivity index (χ0) is 9.14. The van der Waals surface area contributed by atoms with E-state index in [1.807, 2.05) is 0 Å². The summed E-state index contributed by atoms with van der Waals surface area (Å²) in [4.78, 5) is 20.8. The summed E-state index contributed by atoms with van der Waals surface area (Å²) in [5.41, 5.74) is -0.553. The van der Waals surface area contributed by atoms with Crippen molar-refractivity contribution in [1.29, 1.82) is 0 Å². The number of benzene rings is 1. The molecule has 0 bridgehead atoms. The van der Waals surface area contributed by atoms with Gasteiger partial charge < -0.3 is 36.9 Å². The second kappa shape index (κ2) is 13.7. The Labute approximate surface area is 139 Å². The molecule has 0 heterocycles. The third-order valence-corrected chi connectivity index (χ3v) is 1.38. The number of carboxylic acid groups (broad SMARTS) is 2. The van der Waals surface area contributed by atoms with E-state index >= 15 is 0 Å². The number of rotatable bonds is 2. The van der Waals surface area contributed by atoms with Crippen LogP contribution in [0.1, 0.15) is 20.7 Å². The maximum absolute atomic E-state index is 10.4. The third-order valence-electron chi connectivity index (χ3n) is 1.38. The smallest absolute Gasteiger partial charge is 0.545 e. The van der Waals surface area contributed by atoms with E-state index in [0.717, 1.165) is 0 Å². The molecule has 9 heteroatoms. The molecule has 17 heavy (non-hydrogen) atoms. The number of aromatic carboxylic acids is 2. The van der Waals surface area contributed by atoms with Crippen molar-refractivity contribution < 1.29 is 93.1 Å². The first-order valence-corrected chi connectivity index (χ1v) is 3.16. The van der Waals surface area contributed by atoms with Crippen molar-refractivity contribution in [2.75, 3.05) is 0 Å². The summed E-state index contributed by atoms with van der Waals surface area (Å²) in [6.45, 7) is 0. The van der Waals surface area contributed by atoms with E-state index in [0.29, 0.717) is 0 Å². The summed E-state index contributed by atoms with van der Waals surface area (Å²) in [5.74, 6) is -2.75. The van der Waals surface area contributed by atoms with Gasteiger partial charge in [0.15, 0.2) is 0 Å². The first-order chi connectivity index (χ1) is 5.63. The molecule has 9 N–H and O–H groups in total. The number of carbonyl (C=O) groups excluding carboxylic acids is 1. The van der Waals surface area contributed by atoms with Crippen molar-refractivity contribution in [3.8, 4) is 0 Å². The Kier molecular flexibility index (Phi) is 24.2. The Hall–Kier alpha value is -0.364. The van der Waals surface area contributed by atoms with Crippen LogP contribution in [0, 0.1) is 0 Å². The van der Waals surface area contributed by atoms with Gasteiger partial charge >= 0.3 is 57.4 Å². The molecule has 0 atom stereocenters. The molecule has 94 valence electrons. The van der Waals surface area contributed by atoms with Gasteiger partial charge in [-0.15, -0.1) is 0 Å². The Morgan fingerprint density at radius 1 is 0.941 bits per heavy atom. The fourth-order valence-electron chi connectivity index (χ4n) is 0.848. The van der Waals surface area contributed by atoms with Gasteiger partial charge in [0, 0.05) is 5.56 Å². The predicted octanol–water partition coefficient (Wildman–Crippen LogP) is -6.55. The largest absolute Gasteiger partial charge is 1.00 e. The first kappa shape index (κ1) is 30.0. The average Bonchev–Trinajstić information content (AvgIpc) is 2.04. The Bertz CT molecular complexity index is 307. The van der Waals surface area contributed by atoms with Gasteiger partial charge in [-0.3, -0.25) is 0 Å². The van der Waals surface area contributed by atoms with Crippen molar-refractivity contribution in [3.05, 3.63) is 35.4 Å². The molecule has 1 aromatic carbocycles. The van der Waals surface area contributed by atoms with Crippen LogP contribution in [0.3, 0.4) is 0 Å². The molecule has 8 nitrogen and oxygen atoms in total. The fraction of sp³-hybridized carbons (Fsp3) is 0. The van der Waals surface area contributed by atoms with Crippen molar-refractivity contribution >= 4 is 11.9 Å². The van der Waals surface area contributed by atoms with Crippen molar-refractivity contribution in [2.45, 2.75) is 0 Å². The number of hydrogen-bond acceptors (Lipinski definition) is 3. The van der Waals surface area contributed by atoms with Crippen molar-refractivity contribution in [3.63, 3.8) is 0 Å². The number of carbonyl (C=O) groups is 2. The standard InChI is InChI=1S/C8H6O4.K.4H2O/c9-7(10)5-3-1-2-4-6(5)8(11)12;;;;;/h1-4H,(H,9,10)(H,11,12);;4*1H2/q;+1;;;;/p-1. The molecule has 1 rings (SSSR count). The molecule has 0 fully saturated rings. The summed E-state index contributed by atoms with van der Waals surface area (Å²) in [6.07, 6.45) is 0. The van der Waals surface area contributed by atoms with Crippen molar-refractivity contribution in [2.24, 2.45) is 0 Å². The zero-order valence-corrected chi connectivity index (χ0v) is 12.1. The van der Waals surface area contributed by atoms with E-state index in [4.69, 9.17) is 5.11 Å². The van der Waals surface area contributed by atoms with Gasteiger partial charge in [-0.25, -0.2) is 4.79 Å². The van der Waals surface area contributed by atoms with Crippen LogP contribution in [0.25, 0.3) is 0 Å². The van der Waals surface area contributed by atoms with Crippen LogP contribution in [0.5, 0.6) is 0 Å². The van der Waals surface area contributed by atoms with E-state index in [2.05, 4.69) is 0 Å². The van der Waals surface area contributed by atoms with Gasteiger partial charge in [-0.05, 0) is 6.07 Å². The molecule has 0 aliphatic heterocycles. The van der Waals surface area contributed by atoms with Crippen LogP contribution >= 0.6 is 0 Å². The molecule has 0 aromatic heterocycles. The normalized spacial score (nSPS) is 6.59. The predicted molar refractivity (Wildman–Crippen MR) is 52.2 cm³/mol. The van der Waals surface area contributed by atoms with Gasteiger partial charge in [0.05, 0.1) is 11.5 Å². The molecular formula is C8H13KO8. The summed E-state index contributed by atoms with van der Waals surface area (Å²) >= 11 is 0. The molecule has 0 radical (unpaired) electrons. The first-order valence-electron chi connectivity index (χ1n) is 3.16. The summed E-state index contributed by atoms with van der Waals surface area (Å²) in [7, 11) is 0. The zero-order valence-electron chi connectivity index (χ0n) is 8.98. The van der Waals surface area contributed by atoms with Gasteiger partial charge in [0.25, 0.3) is 0 Å². The van der Waals surface area contributed by atoms with Gasteiger partial charge in [-0.2, -0.15) is 0 Å². The fourth-order valence-corrected chi connectivity index (χ4v) is 0.848. The van der Waals surface area contributed by atoms with Crippen LogP contribution in [0.15, 0.2) is 24.3 Å². The summed E-state index contributed by atoms with van der Waals surface area (Å²) in [5, 5.41) is 18.9. The third kappa shape index (κ3) is 8.37. The maximum Gasteiger partial charge on any atom is 1.00 e. The Morgan fingerprint density at radius 3 is 1.53 bits per heavy atom. The van der Waals surface area contributed by atoms with Crippen LogP contribution in [-0.4, -0.2) is 38.9 Å². The van der Waals surface area contributed by atoms with E-state index in [1.165, 1.54) is 24.3 Å². The van der Waals surface area contributed by atoms with E-state index in [-0.39, 0.29) is 84.4 Å². The van der Waals surface area contributed by atoms with E-state index < -0.39 is 11.9 Å². The van der Waals surface area contributed by atoms with Crippen LogP contribution in [0.2, 0.25) is 0 Å². The summed E-state index contributed by atoms with van der Waals surface area (Å²) in [6, 6.07) is 5.31. The Balaban J connectivity index is -0.0000000960. The quantitative estimate of drug-likeness (QED) is 0.522. The SMILES string of the molecule is O.O.O.O.O=C([O-])c1ccccc1C(=O)O.[K+]. The molecular weight excluding hydrogens is 263 g/mol. The van der Waals surface area contributed by atoms with Gasteiger partial charge in [0.2, 0.25) is 0 Å². The molecule has 0 aliphatic carbocycles. The minimum absolute atomic E-state index is 0. The van der Waals surface area contributed by atoms with Crippen LogP contribution in [-0.2, 0) is 0 Å². The average molecular weight is 276 g/mol. The molecule has 1 aromatic rings. The van der Waals surface area contributed by atoms with Gasteiger partial charge in [0.1, 0.15) is 0 Å². The topological polar surface area (TPSA) is 203 Å². The number of carboxylic acids is 2. The van der Waals surface area contributed by atoms with Crippen molar-refractivity contribution in [1.82, 2.24) is 0 Å². The van der Waals surface area contributed by atoms with E-state index in [1.54, 1.807) is 0 Å². The molecule has 0 saturated carbocycles. The molecule has 0 aliphatic rings. The van der Waals surface area contributed by atoms with Crippen LogP contribution in [0.4, 0.5) is 0 Å². The molecule has 0 amide bonds. The van der Waals surface area contributed by atoms with Crippen LogP contribution < -0.4 is 56.5 Å². The Morgan fingerprint density at radius 2 is 1.29 bits per heavy atom. The molecule has 0 saturated heterocycles. The molecule has 0 unspecified atom stereocenters. The molecule has 0 spiro atoms. The minimum Gasteiger partial charge on any atom is -0.545 e.